The van der Waals surface area contributed by atoms with Crippen LogP contribution in [0.3, 0.4) is 0 Å². The Morgan fingerprint density at radius 3 is 1.97 bits per heavy atom. The maximum Gasteiger partial charge on any atom is 0.284 e. The van der Waals surface area contributed by atoms with Crippen LogP contribution in [0, 0.1) is 0 Å². The number of carbonyl (C=O) groups is 6. The molecule has 5 amide bonds. The van der Waals surface area contributed by atoms with E-state index in [0.717, 1.165) is 0 Å². The minimum Gasteiger partial charge on any atom is -0.356 e. The predicted octanol–water partition coefficient (Wildman–Crippen LogP) is -1.44. The second-order valence-electron chi connectivity index (χ2n) is 6.39. The summed E-state index contributed by atoms with van der Waals surface area (Å²) in [6.07, 6.45) is 2.15. The number of carbonyl (C=O) groups excluding carboxylic acids is 6. The quantitative estimate of drug-likeness (QED) is 0.0738. The number of rotatable bonds is 17. The lowest BCUT2D eigenvalue weighted by Gasteiger charge is -2.18. The van der Waals surface area contributed by atoms with Gasteiger partial charge in [-0.2, -0.15) is 0 Å². The Balaban J connectivity index is 4.17. The number of alkyl halides is 2. The molecule has 0 bridgehead atoms. The second kappa shape index (κ2) is 18.4. The molecular weight excluding hydrogens is 453 g/mol. The first-order valence-electron chi connectivity index (χ1n) is 9.79. The van der Waals surface area contributed by atoms with Gasteiger partial charge in [0.05, 0.1) is 0 Å². The molecule has 176 valence electrons. The molecule has 1 atom stereocenters. The van der Waals surface area contributed by atoms with Gasteiger partial charge in [-0.1, -0.05) is 0 Å². The van der Waals surface area contributed by atoms with E-state index in [-0.39, 0.29) is 49.4 Å². The molecule has 0 heterocycles. The van der Waals surface area contributed by atoms with E-state index in [1.807, 2.05) is 0 Å². The molecule has 0 saturated carbocycles. The molecule has 0 aromatic heterocycles. The Hall–Kier alpha value is -2.40. The zero-order chi connectivity index (χ0) is 23.5. The van der Waals surface area contributed by atoms with Gasteiger partial charge in [0, 0.05) is 32.6 Å². The first kappa shape index (κ1) is 28.6. The van der Waals surface area contributed by atoms with Gasteiger partial charge in [0.15, 0.2) is 0 Å². The minimum atomic E-state index is -0.806. The fraction of sp³-hybridized carbons (Fsp3) is 0.667. The van der Waals surface area contributed by atoms with E-state index in [9.17, 15) is 28.8 Å². The van der Waals surface area contributed by atoms with Crippen LogP contribution in [0.5, 0.6) is 0 Å². The Morgan fingerprint density at radius 1 is 0.710 bits per heavy atom. The normalized spacial score (nSPS) is 11.0. The highest BCUT2D eigenvalue weighted by molar-refractivity contribution is 6.27. The van der Waals surface area contributed by atoms with Crippen molar-refractivity contribution in [3.8, 4) is 0 Å². The molecule has 5 N–H and O–H groups in total. The molecule has 0 aliphatic carbocycles. The van der Waals surface area contributed by atoms with Gasteiger partial charge in [-0.05, 0) is 25.7 Å². The van der Waals surface area contributed by atoms with Gasteiger partial charge in [-0.25, -0.2) is 0 Å². The van der Waals surface area contributed by atoms with Gasteiger partial charge in [0.25, 0.3) is 5.91 Å². The topological polar surface area (TPSA) is 163 Å². The van der Waals surface area contributed by atoms with Crippen molar-refractivity contribution >= 4 is 59.0 Å². The van der Waals surface area contributed by atoms with Crippen LogP contribution < -0.4 is 26.6 Å². The van der Waals surface area contributed by atoms with Gasteiger partial charge < -0.3 is 26.6 Å². The third kappa shape index (κ3) is 16.0. The Morgan fingerprint density at radius 2 is 1.32 bits per heavy atom. The maximum atomic E-state index is 12.3. The van der Waals surface area contributed by atoms with E-state index in [0.29, 0.717) is 38.8 Å². The zero-order valence-electron chi connectivity index (χ0n) is 17.1. The molecule has 0 aliphatic heterocycles. The van der Waals surface area contributed by atoms with Crippen molar-refractivity contribution in [1.82, 2.24) is 26.6 Å². The van der Waals surface area contributed by atoms with Crippen molar-refractivity contribution in [1.29, 1.82) is 0 Å². The van der Waals surface area contributed by atoms with Crippen molar-refractivity contribution < 1.29 is 28.8 Å². The molecule has 0 unspecified atom stereocenters. The van der Waals surface area contributed by atoms with E-state index < -0.39 is 23.8 Å². The monoisotopic (exact) mass is 481 g/mol. The number of amides is 5. The van der Waals surface area contributed by atoms with Crippen LogP contribution in [0.2, 0.25) is 0 Å². The lowest BCUT2D eigenvalue weighted by molar-refractivity contribution is -0.131. The molecule has 0 fully saturated rings. The van der Waals surface area contributed by atoms with Gasteiger partial charge in [0.1, 0.15) is 17.8 Å². The average molecular weight is 482 g/mol. The molecule has 0 radical (unpaired) electrons. The van der Waals surface area contributed by atoms with Crippen molar-refractivity contribution in [3.05, 3.63) is 0 Å². The number of hydrogen-bond acceptors (Lipinski definition) is 6. The first-order valence-corrected chi connectivity index (χ1v) is 10.9. The third-order valence-corrected chi connectivity index (χ3v) is 4.35. The molecule has 0 saturated heterocycles. The highest BCUT2D eigenvalue weighted by Crippen LogP contribution is 2.02. The molecular formula is C18H29Cl2N5O6. The third-order valence-electron chi connectivity index (χ3n) is 3.87. The smallest absolute Gasteiger partial charge is 0.284 e. The van der Waals surface area contributed by atoms with Crippen LogP contribution in [0.1, 0.15) is 32.1 Å². The summed E-state index contributed by atoms with van der Waals surface area (Å²) in [4.78, 5) is 67.6. The predicted molar refractivity (Wildman–Crippen MR) is 115 cm³/mol. The summed E-state index contributed by atoms with van der Waals surface area (Å²) < 4.78 is 0. The minimum absolute atomic E-state index is 0.0348. The summed E-state index contributed by atoms with van der Waals surface area (Å²) in [6, 6.07) is -0.806. The Bertz CT molecular complexity index is 620. The molecule has 31 heavy (non-hydrogen) atoms. The summed E-state index contributed by atoms with van der Waals surface area (Å²) in [7, 11) is 0. The largest absolute Gasteiger partial charge is 0.356 e. The number of hydrogen-bond donors (Lipinski definition) is 5. The van der Waals surface area contributed by atoms with E-state index in [4.69, 9.17) is 23.2 Å². The first-order chi connectivity index (χ1) is 14.8. The molecule has 0 aliphatic rings. The summed E-state index contributed by atoms with van der Waals surface area (Å²) in [5.74, 6) is -2.63. The molecule has 11 nitrogen and oxygen atoms in total. The standard InChI is InChI=1S/C18H29Cl2N5O6/c19-10-15(28)22-6-2-1-4-13(25-16(29)11-20)18(31)24-9-5-14(27)21-7-3-8-23-17(30)12-26/h12-13H,1-11H2,(H,21,27)(H,22,28)(H,23,30)(H,24,31)(H,25,29)/t13-/m0/s1. The van der Waals surface area contributed by atoms with Gasteiger partial charge in [-0.3, -0.25) is 28.8 Å². The van der Waals surface area contributed by atoms with Crippen LogP contribution in [0.15, 0.2) is 0 Å². The SMILES string of the molecule is O=CC(=O)NCCCNC(=O)CCNC(=O)[C@H](CCCCNC(=O)CCl)NC(=O)CCl. The van der Waals surface area contributed by atoms with Crippen molar-refractivity contribution in [2.75, 3.05) is 37.9 Å². The summed E-state index contributed by atoms with van der Waals surface area (Å²) in [6.45, 7) is 1.04. The Kier molecular flexibility index (Phi) is 17.0. The van der Waals surface area contributed by atoms with Gasteiger partial charge in [0.2, 0.25) is 29.9 Å². The maximum absolute atomic E-state index is 12.3. The molecule has 0 aromatic carbocycles. The number of aldehydes is 1. The van der Waals surface area contributed by atoms with Crippen LogP contribution in [-0.2, 0) is 28.8 Å². The van der Waals surface area contributed by atoms with E-state index in [1.165, 1.54) is 0 Å². The Labute approximate surface area is 190 Å². The fourth-order valence-electron chi connectivity index (χ4n) is 2.33. The summed E-state index contributed by atoms with van der Waals surface area (Å²) >= 11 is 10.9. The molecule has 13 heteroatoms. The average Bonchev–Trinajstić information content (AvgIpc) is 2.76. The number of nitrogens with one attached hydrogen (secondary N) is 5. The van der Waals surface area contributed by atoms with Crippen LogP contribution in [0.4, 0.5) is 0 Å². The lowest BCUT2D eigenvalue weighted by atomic mass is 10.1. The molecule has 0 spiro atoms. The van der Waals surface area contributed by atoms with Crippen molar-refractivity contribution in [2.45, 2.75) is 38.1 Å². The lowest BCUT2D eigenvalue weighted by Crippen LogP contribution is -2.47. The van der Waals surface area contributed by atoms with Gasteiger partial charge >= 0.3 is 0 Å². The zero-order valence-corrected chi connectivity index (χ0v) is 18.7. The fourth-order valence-corrected chi connectivity index (χ4v) is 2.50. The van der Waals surface area contributed by atoms with Crippen LogP contribution in [-0.4, -0.2) is 79.8 Å². The summed E-state index contributed by atoms with van der Waals surface area (Å²) in [5.41, 5.74) is 0. The molecule has 0 aromatic rings. The van der Waals surface area contributed by atoms with E-state index >= 15 is 0 Å². The highest BCUT2D eigenvalue weighted by Gasteiger charge is 2.20. The highest BCUT2D eigenvalue weighted by atomic mass is 35.5. The van der Waals surface area contributed by atoms with Crippen LogP contribution in [0.25, 0.3) is 0 Å². The second-order valence-corrected chi connectivity index (χ2v) is 6.92. The number of unbranched alkanes of at least 4 members (excludes halogenated alkanes) is 1. The van der Waals surface area contributed by atoms with Crippen LogP contribution >= 0.6 is 23.2 Å². The van der Waals surface area contributed by atoms with E-state index in [2.05, 4.69) is 26.6 Å². The van der Waals surface area contributed by atoms with Gasteiger partial charge in [-0.15, -0.1) is 23.2 Å². The van der Waals surface area contributed by atoms with Crippen molar-refractivity contribution in [3.63, 3.8) is 0 Å². The summed E-state index contributed by atoms with van der Waals surface area (Å²) in [5, 5.41) is 12.7. The van der Waals surface area contributed by atoms with E-state index in [1.54, 1.807) is 0 Å². The number of halogens is 2. The molecule has 0 rings (SSSR count). The van der Waals surface area contributed by atoms with Crippen molar-refractivity contribution in [2.24, 2.45) is 0 Å².